The fourth-order valence-corrected chi connectivity index (χ4v) is 3.87. The van der Waals surface area contributed by atoms with Crippen molar-refractivity contribution in [1.29, 1.82) is 0 Å². The maximum absolute atomic E-state index is 12.7. The Balaban J connectivity index is 1.27. The number of imidazole rings is 1. The van der Waals surface area contributed by atoms with Gasteiger partial charge in [-0.15, -0.1) is 0 Å². The maximum Gasteiger partial charge on any atom is 0.257 e. The number of halogens is 1. The smallest absolute Gasteiger partial charge is 0.257 e. The predicted molar refractivity (Wildman–Crippen MR) is 123 cm³/mol. The lowest BCUT2D eigenvalue weighted by Crippen LogP contribution is -2.26. The molecule has 0 aliphatic carbocycles. The van der Waals surface area contributed by atoms with Crippen LogP contribution in [-0.4, -0.2) is 39.8 Å². The van der Waals surface area contributed by atoms with Gasteiger partial charge in [0.25, 0.3) is 5.91 Å². The zero-order chi connectivity index (χ0) is 21.9. The maximum atomic E-state index is 12.7. The van der Waals surface area contributed by atoms with Crippen molar-refractivity contribution in [3.8, 4) is 11.6 Å². The average molecular weight is 449 g/mol. The molecule has 4 aromatic rings. The number of aromatic nitrogens is 3. The van der Waals surface area contributed by atoms with Crippen LogP contribution in [-0.2, 0) is 4.74 Å². The van der Waals surface area contributed by atoms with E-state index in [2.05, 4.69) is 15.3 Å². The van der Waals surface area contributed by atoms with Gasteiger partial charge in [0.05, 0.1) is 29.8 Å². The fraction of sp³-hybridized carbons (Fsp3) is 0.208. The van der Waals surface area contributed by atoms with E-state index in [1.165, 1.54) is 6.20 Å². The van der Waals surface area contributed by atoms with Gasteiger partial charge in [-0.2, -0.15) is 0 Å². The highest BCUT2D eigenvalue weighted by molar-refractivity contribution is 6.32. The summed E-state index contributed by atoms with van der Waals surface area (Å²) >= 11 is 6.31. The van der Waals surface area contributed by atoms with Crippen LogP contribution < -0.4 is 10.1 Å². The Morgan fingerprint density at radius 1 is 1.09 bits per heavy atom. The van der Waals surface area contributed by atoms with Crippen molar-refractivity contribution in [1.82, 2.24) is 14.5 Å². The zero-order valence-corrected chi connectivity index (χ0v) is 18.0. The first-order valence-electron chi connectivity index (χ1n) is 10.4. The number of ether oxygens (including phenoxy) is 2. The third-order valence-corrected chi connectivity index (χ3v) is 5.64. The number of nitrogens with one attached hydrogen (secondary N) is 1. The number of carbonyl (C=O) groups is 1. The van der Waals surface area contributed by atoms with Crippen LogP contribution in [0.1, 0.15) is 23.2 Å². The second kappa shape index (κ2) is 8.98. The number of rotatable bonds is 5. The van der Waals surface area contributed by atoms with Gasteiger partial charge < -0.3 is 14.8 Å². The van der Waals surface area contributed by atoms with E-state index in [9.17, 15) is 4.79 Å². The monoisotopic (exact) mass is 448 g/mol. The molecular weight excluding hydrogens is 428 g/mol. The lowest BCUT2D eigenvalue weighted by Gasteiger charge is -2.23. The molecule has 2 aromatic carbocycles. The molecule has 5 rings (SSSR count). The third-order valence-electron chi connectivity index (χ3n) is 5.37. The van der Waals surface area contributed by atoms with Crippen LogP contribution in [0.4, 0.5) is 5.69 Å². The minimum atomic E-state index is -0.294. The fourth-order valence-electron chi connectivity index (χ4n) is 3.66. The summed E-state index contributed by atoms with van der Waals surface area (Å²) in [5.41, 5.74) is 3.93. The summed E-state index contributed by atoms with van der Waals surface area (Å²) in [4.78, 5) is 21.3. The lowest BCUT2D eigenvalue weighted by atomic mass is 10.1. The van der Waals surface area contributed by atoms with Crippen LogP contribution in [0.5, 0.6) is 5.88 Å². The molecule has 2 aromatic heterocycles. The summed E-state index contributed by atoms with van der Waals surface area (Å²) in [6.45, 7) is 1.33. The van der Waals surface area contributed by atoms with Gasteiger partial charge in [0.2, 0.25) is 5.88 Å². The zero-order valence-electron chi connectivity index (χ0n) is 17.2. The van der Waals surface area contributed by atoms with Gasteiger partial charge >= 0.3 is 0 Å². The van der Waals surface area contributed by atoms with E-state index < -0.39 is 0 Å². The number of hydrogen-bond donors (Lipinski definition) is 1. The standard InChI is InChI=1S/C24H21ClN4O3/c25-20-13-16(14-26-24(20)32-19-9-11-31-12-10-19)23(30)28-17-5-7-18(8-6-17)29-15-27-21-3-1-2-4-22(21)29/h1-8,13-15,19H,9-12H2,(H,28,30). The summed E-state index contributed by atoms with van der Waals surface area (Å²) in [6.07, 6.45) is 4.88. The molecular formula is C24H21ClN4O3. The molecule has 3 heterocycles. The molecule has 0 saturated carbocycles. The van der Waals surface area contributed by atoms with Gasteiger partial charge in [-0.1, -0.05) is 23.7 Å². The van der Waals surface area contributed by atoms with Crippen LogP contribution in [0.2, 0.25) is 5.02 Å². The number of hydrogen-bond acceptors (Lipinski definition) is 5. The molecule has 0 bridgehead atoms. The Labute approximate surface area is 190 Å². The van der Waals surface area contributed by atoms with Gasteiger partial charge in [0, 0.05) is 30.4 Å². The lowest BCUT2D eigenvalue weighted by molar-refractivity contribution is 0.0238. The summed E-state index contributed by atoms with van der Waals surface area (Å²) in [6, 6.07) is 17.1. The number of pyridine rings is 1. The third kappa shape index (κ3) is 4.30. The number of anilines is 1. The van der Waals surface area contributed by atoms with E-state index >= 15 is 0 Å². The molecule has 32 heavy (non-hydrogen) atoms. The Bertz CT molecular complexity index is 1250. The Hall–Kier alpha value is -3.42. The second-order valence-electron chi connectivity index (χ2n) is 7.54. The van der Waals surface area contributed by atoms with Crippen LogP contribution in [0, 0.1) is 0 Å². The van der Waals surface area contributed by atoms with Crippen molar-refractivity contribution in [2.45, 2.75) is 18.9 Å². The molecule has 0 spiro atoms. The molecule has 1 aliphatic heterocycles. The minimum absolute atomic E-state index is 0.0274. The summed E-state index contributed by atoms with van der Waals surface area (Å²) in [5, 5.41) is 3.19. The summed E-state index contributed by atoms with van der Waals surface area (Å²) in [5.74, 6) is 0.0462. The molecule has 0 atom stereocenters. The highest BCUT2D eigenvalue weighted by atomic mass is 35.5. The van der Waals surface area contributed by atoms with Crippen molar-refractivity contribution < 1.29 is 14.3 Å². The molecule has 0 radical (unpaired) electrons. The van der Waals surface area contributed by atoms with Gasteiger partial charge in [0.1, 0.15) is 17.5 Å². The summed E-state index contributed by atoms with van der Waals surface area (Å²) in [7, 11) is 0. The predicted octanol–water partition coefficient (Wildman–Crippen LogP) is 4.88. The Kier molecular flexibility index (Phi) is 5.75. The number of nitrogens with zero attached hydrogens (tertiary/aromatic N) is 3. The van der Waals surface area contributed by atoms with E-state index in [1.807, 2.05) is 53.1 Å². The number of amides is 1. The number of fused-ring (bicyclic) bond motifs is 1. The van der Waals surface area contributed by atoms with Crippen molar-refractivity contribution in [2.24, 2.45) is 0 Å². The number of para-hydroxylation sites is 2. The molecule has 1 saturated heterocycles. The normalized spacial score (nSPS) is 14.4. The van der Waals surface area contributed by atoms with Gasteiger partial charge in [-0.05, 0) is 42.5 Å². The first-order valence-corrected chi connectivity index (χ1v) is 10.8. The van der Waals surface area contributed by atoms with Gasteiger partial charge in [-0.3, -0.25) is 9.36 Å². The van der Waals surface area contributed by atoms with E-state index in [4.69, 9.17) is 21.1 Å². The molecule has 1 N–H and O–H groups in total. The first kappa shape index (κ1) is 20.5. The van der Waals surface area contributed by atoms with E-state index in [-0.39, 0.29) is 12.0 Å². The SMILES string of the molecule is O=C(Nc1ccc(-n2cnc3ccccc32)cc1)c1cnc(OC2CCOCC2)c(Cl)c1. The van der Waals surface area contributed by atoms with E-state index in [0.29, 0.717) is 35.4 Å². The molecule has 1 amide bonds. The van der Waals surface area contributed by atoms with Crippen molar-refractivity contribution in [2.75, 3.05) is 18.5 Å². The summed E-state index contributed by atoms with van der Waals surface area (Å²) < 4.78 is 13.2. The molecule has 8 heteroatoms. The van der Waals surface area contributed by atoms with Gasteiger partial charge in [-0.25, -0.2) is 9.97 Å². The van der Waals surface area contributed by atoms with Crippen molar-refractivity contribution in [3.63, 3.8) is 0 Å². The van der Waals surface area contributed by atoms with E-state index in [0.717, 1.165) is 29.6 Å². The largest absolute Gasteiger partial charge is 0.473 e. The van der Waals surface area contributed by atoms with Crippen LogP contribution >= 0.6 is 11.6 Å². The topological polar surface area (TPSA) is 78.3 Å². The van der Waals surface area contributed by atoms with E-state index in [1.54, 1.807) is 12.4 Å². The molecule has 7 nitrogen and oxygen atoms in total. The molecule has 1 fully saturated rings. The van der Waals surface area contributed by atoms with Crippen molar-refractivity contribution in [3.05, 3.63) is 77.7 Å². The molecule has 162 valence electrons. The molecule has 1 aliphatic rings. The second-order valence-corrected chi connectivity index (χ2v) is 7.95. The Morgan fingerprint density at radius 3 is 2.66 bits per heavy atom. The van der Waals surface area contributed by atoms with Gasteiger partial charge in [0.15, 0.2) is 0 Å². The Morgan fingerprint density at radius 2 is 1.88 bits per heavy atom. The van der Waals surface area contributed by atoms with Crippen LogP contribution in [0.3, 0.4) is 0 Å². The number of carbonyl (C=O) groups excluding carboxylic acids is 1. The first-order chi connectivity index (χ1) is 15.7. The van der Waals surface area contributed by atoms with Crippen molar-refractivity contribution >= 4 is 34.2 Å². The molecule has 0 unspecified atom stereocenters. The quantitative estimate of drug-likeness (QED) is 0.470. The minimum Gasteiger partial charge on any atom is -0.473 e. The number of benzene rings is 2. The highest BCUT2D eigenvalue weighted by Crippen LogP contribution is 2.26. The average Bonchev–Trinajstić information content (AvgIpc) is 3.26. The van der Waals surface area contributed by atoms with Crippen LogP contribution in [0.25, 0.3) is 16.7 Å². The highest BCUT2D eigenvalue weighted by Gasteiger charge is 2.18. The van der Waals surface area contributed by atoms with Crippen LogP contribution in [0.15, 0.2) is 67.1 Å².